The molecule has 0 N–H and O–H groups in total. The molecule has 1 aliphatic rings. The van der Waals surface area contributed by atoms with Gasteiger partial charge in [0.05, 0.1) is 4.88 Å². The van der Waals surface area contributed by atoms with E-state index in [-0.39, 0.29) is 11.3 Å². The summed E-state index contributed by atoms with van der Waals surface area (Å²) in [4.78, 5) is 18.8. The van der Waals surface area contributed by atoms with Gasteiger partial charge in [0.25, 0.3) is 5.91 Å². The Hall–Kier alpha value is -0.870. The number of hydrogen-bond acceptors (Lipinski definition) is 3. The number of hydrogen-bond donors (Lipinski definition) is 0. The van der Waals surface area contributed by atoms with Crippen molar-refractivity contribution in [3.8, 4) is 0 Å². The molecule has 1 aliphatic heterocycles. The van der Waals surface area contributed by atoms with Crippen LogP contribution in [0.1, 0.15) is 35.3 Å². The summed E-state index contributed by atoms with van der Waals surface area (Å²) < 4.78 is 0. The van der Waals surface area contributed by atoms with E-state index in [1.165, 1.54) is 4.88 Å². The van der Waals surface area contributed by atoms with Gasteiger partial charge in [-0.25, -0.2) is 0 Å². The molecule has 0 spiro atoms. The summed E-state index contributed by atoms with van der Waals surface area (Å²) in [6.45, 7) is 10.2. The summed E-state index contributed by atoms with van der Waals surface area (Å²) in [7, 11) is 2.10. The fourth-order valence-corrected chi connectivity index (χ4v) is 3.05. The number of likely N-dealkylation sites (N-methyl/N-ethyl adjacent to an activating group) is 1. The monoisotopic (exact) mass is 266 g/mol. The van der Waals surface area contributed by atoms with Crippen LogP contribution < -0.4 is 0 Å². The number of amides is 1. The van der Waals surface area contributed by atoms with Crippen molar-refractivity contribution in [2.24, 2.45) is 0 Å². The predicted molar refractivity (Wildman–Crippen MR) is 76.4 cm³/mol. The summed E-state index contributed by atoms with van der Waals surface area (Å²) >= 11 is 1.64. The first-order valence-electron chi connectivity index (χ1n) is 6.46. The Bertz CT molecular complexity index is 425. The van der Waals surface area contributed by atoms with E-state index in [0.717, 1.165) is 31.1 Å². The minimum Gasteiger partial charge on any atom is -0.335 e. The lowest BCUT2D eigenvalue weighted by Gasteiger charge is -2.32. The molecule has 100 valence electrons. The number of rotatable bonds is 1. The Morgan fingerprint density at radius 1 is 1.17 bits per heavy atom. The lowest BCUT2D eigenvalue weighted by atomic mass is 9.95. The third kappa shape index (κ3) is 2.93. The summed E-state index contributed by atoms with van der Waals surface area (Å²) in [5.41, 5.74) is 0.130. The molecule has 0 atom stereocenters. The van der Waals surface area contributed by atoms with E-state index >= 15 is 0 Å². The Morgan fingerprint density at radius 2 is 1.78 bits per heavy atom. The lowest BCUT2D eigenvalue weighted by Crippen LogP contribution is -2.46. The van der Waals surface area contributed by atoms with Crippen LogP contribution in [0.5, 0.6) is 0 Å². The van der Waals surface area contributed by atoms with Gasteiger partial charge >= 0.3 is 0 Å². The molecular formula is C14H22N2OS. The number of nitrogens with zero attached hydrogens (tertiary/aromatic N) is 2. The van der Waals surface area contributed by atoms with Gasteiger partial charge in [-0.2, -0.15) is 0 Å². The van der Waals surface area contributed by atoms with Gasteiger partial charge in [-0.15, -0.1) is 11.3 Å². The maximum Gasteiger partial charge on any atom is 0.264 e. The molecule has 1 fully saturated rings. The van der Waals surface area contributed by atoms with Gasteiger partial charge < -0.3 is 9.80 Å². The maximum absolute atomic E-state index is 12.4. The average molecular weight is 266 g/mol. The van der Waals surface area contributed by atoms with Crippen molar-refractivity contribution in [2.75, 3.05) is 33.2 Å². The van der Waals surface area contributed by atoms with Crippen LogP contribution in [0.4, 0.5) is 0 Å². The number of thiophene rings is 1. The van der Waals surface area contributed by atoms with Crippen molar-refractivity contribution < 1.29 is 4.79 Å². The van der Waals surface area contributed by atoms with E-state index in [4.69, 9.17) is 0 Å². The maximum atomic E-state index is 12.4. The Kier molecular flexibility index (Phi) is 3.78. The first-order valence-corrected chi connectivity index (χ1v) is 7.28. The second kappa shape index (κ2) is 5.02. The van der Waals surface area contributed by atoms with Crippen LogP contribution in [0.15, 0.2) is 12.1 Å². The predicted octanol–water partition coefficient (Wildman–Crippen LogP) is 2.43. The number of carbonyl (C=O) groups excluding carboxylic acids is 1. The molecule has 4 heteroatoms. The largest absolute Gasteiger partial charge is 0.335 e. The highest BCUT2D eigenvalue weighted by Crippen LogP contribution is 2.30. The van der Waals surface area contributed by atoms with E-state index in [2.05, 4.69) is 38.8 Å². The van der Waals surface area contributed by atoms with Crippen LogP contribution in [0.3, 0.4) is 0 Å². The SMILES string of the molecule is CN1CCN(C(=O)c2ccc(C(C)(C)C)s2)CC1. The minimum atomic E-state index is 0.130. The molecule has 1 aromatic rings. The second-order valence-corrected chi connectivity index (χ2v) is 7.09. The summed E-state index contributed by atoms with van der Waals surface area (Å²) in [5, 5.41) is 0. The third-order valence-electron chi connectivity index (χ3n) is 3.35. The van der Waals surface area contributed by atoms with Crippen molar-refractivity contribution in [2.45, 2.75) is 26.2 Å². The van der Waals surface area contributed by atoms with Crippen LogP contribution in [0.25, 0.3) is 0 Å². The highest BCUT2D eigenvalue weighted by atomic mass is 32.1. The lowest BCUT2D eigenvalue weighted by molar-refractivity contribution is 0.0669. The quantitative estimate of drug-likeness (QED) is 0.779. The van der Waals surface area contributed by atoms with E-state index in [0.29, 0.717) is 0 Å². The smallest absolute Gasteiger partial charge is 0.264 e. The zero-order valence-corrected chi connectivity index (χ0v) is 12.5. The molecule has 2 heterocycles. The Balaban J connectivity index is 2.07. The summed E-state index contributed by atoms with van der Waals surface area (Å²) in [5.74, 6) is 0.198. The number of carbonyl (C=O) groups is 1. The molecule has 0 aliphatic carbocycles. The second-order valence-electron chi connectivity index (χ2n) is 6.01. The van der Waals surface area contributed by atoms with Crippen molar-refractivity contribution in [3.05, 3.63) is 21.9 Å². The highest BCUT2D eigenvalue weighted by Gasteiger charge is 2.23. The molecule has 18 heavy (non-hydrogen) atoms. The van der Waals surface area contributed by atoms with Crippen LogP contribution in [-0.2, 0) is 5.41 Å². The highest BCUT2D eigenvalue weighted by molar-refractivity contribution is 7.14. The summed E-state index contributed by atoms with van der Waals surface area (Å²) in [6, 6.07) is 4.07. The Morgan fingerprint density at radius 3 is 2.28 bits per heavy atom. The Labute approximate surface area is 113 Å². The van der Waals surface area contributed by atoms with Gasteiger partial charge in [0.2, 0.25) is 0 Å². The van der Waals surface area contributed by atoms with Crippen molar-refractivity contribution in [1.29, 1.82) is 0 Å². The van der Waals surface area contributed by atoms with Gasteiger partial charge in [0.1, 0.15) is 0 Å². The first-order chi connectivity index (χ1) is 8.38. The molecular weight excluding hydrogens is 244 g/mol. The fraction of sp³-hybridized carbons (Fsp3) is 0.643. The van der Waals surface area contributed by atoms with Crippen LogP contribution >= 0.6 is 11.3 Å². The van der Waals surface area contributed by atoms with E-state index < -0.39 is 0 Å². The van der Waals surface area contributed by atoms with Gasteiger partial charge in [0.15, 0.2) is 0 Å². The van der Waals surface area contributed by atoms with Crippen LogP contribution in [0.2, 0.25) is 0 Å². The fourth-order valence-electron chi connectivity index (χ4n) is 2.02. The number of piperazine rings is 1. The third-order valence-corrected chi connectivity index (χ3v) is 4.85. The molecule has 0 aromatic carbocycles. The van der Waals surface area contributed by atoms with Crippen molar-refractivity contribution in [3.63, 3.8) is 0 Å². The van der Waals surface area contributed by atoms with Gasteiger partial charge in [0, 0.05) is 31.1 Å². The normalized spacial score (nSPS) is 18.1. The van der Waals surface area contributed by atoms with E-state index in [9.17, 15) is 4.79 Å². The van der Waals surface area contributed by atoms with Crippen molar-refractivity contribution >= 4 is 17.2 Å². The molecule has 1 amide bonds. The topological polar surface area (TPSA) is 23.6 Å². The standard InChI is InChI=1S/C14H22N2OS/c1-14(2,3)12-6-5-11(18-12)13(17)16-9-7-15(4)8-10-16/h5-6H,7-10H2,1-4H3. The van der Waals surface area contributed by atoms with Gasteiger partial charge in [-0.05, 0) is 24.6 Å². The van der Waals surface area contributed by atoms with Gasteiger partial charge in [-0.3, -0.25) is 4.79 Å². The molecule has 3 nitrogen and oxygen atoms in total. The van der Waals surface area contributed by atoms with Crippen molar-refractivity contribution in [1.82, 2.24) is 9.80 Å². The van der Waals surface area contributed by atoms with Crippen LogP contribution in [-0.4, -0.2) is 48.9 Å². The first kappa shape index (κ1) is 13.6. The van der Waals surface area contributed by atoms with Crippen LogP contribution in [0, 0.1) is 0 Å². The van der Waals surface area contributed by atoms with Gasteiger partial charge in [-0.1, -0.05) is 20.8 Å². The molecule has 0 bridgehead atoms. The molecule has 0 saturated carbocycles. The summed E-state index contributed by atoms with van der Waals surface area (Å²) in [6.07, 6.45) is 0. The zero-order chi connectivity index (χ0) is 13.3. The minimum absolute atomic E-state index is 0.130. The average Bonchev–Trinajstić information content (AvgIpc) is 2.78. The molecule has 1 aromatic heterocycles. The van der Waals surface area contributed by atoms with E-state index in [1.807, 2.05) is 11.0 Å². The molecule has 0 radical (unpaired) electrons. The molecule has 2 rings (SSSR count). The molecule has 1 saturated heterocycles. The van der Waals surface area contributed by atoms with E-state index in [1.54, 1.807) is 11.3 Å². The zero-order valence-electron chi connectivity index (χ0n) is 11.7. The molecule has 0 unspecified atom stereocenters.